The molecule has 0 saturated carbocycles. The first-order chi connectivity index (χ1) is 12.8. The number of nitrogens with zero attached hydrogens (tertiary/aromatic N) is 1. The number of amides is 1. The Balaban J connectivity index is 1.95. The molecule has 3 rings (SSSR count). The van der Waals surface area contributed by atoms with Crippen molar-refractivity contribution in [2.24, 2.45) is 0 Å². The molecule has 1 aliphatic heterocycles. The van der Waals surface area contributed by atoms with Crippen molar-refractivity contribution in [1.29, 1.82) is 0 Å². The van der Waals surface area contributed by atoms with Gasteiger partial charge in [-0.15, -0.1) is 0 Å². The number of fused-ring (bicyclic) bond motifs is 1. The van der Waals surface area contributed by atoms with Gasteiger partial charge in [0, 0.05) is 24.8 Å². The van der Waals surface area contributed by atoms with Crippen molar-refractivity contribution >= 4 is 23.3 Å². The highest BCUT2D eigenvalue weighted by molar-refractivity contribution is 6.03. The molecule has 0 atom stereocenters. The maximum atomic E-state index is 13.0. The number of carbonyl (C=O) groups excluding carboxylic acids is 3. The molecule has 1 N–H and O–H groups in total. The largest absolute Gasteiger partial charge is 0.465 e. The normalized spacial score (nSPS) is 13.3. The smallest absolute Gasteiger partial charge is 0.339 e. The minimum absolute atomic E-state index is 0.00582. The summed E-state index contributed by atoms with van der Waals surface area (Å²) in [4.78, 5) is 41.8. The van der Waals surface area contributed by atoms with Crippen molar-refractivity contribution in [3.05, 3.63) is 51.8 Å². The Morgan fingerprint density at radius 2 is 1.96 bits per heavy atom. The number of ether oxygens (including phenoxy) is 1. The van der Waals surface area contributed by atoms with Gasteiger partial charge in [-0.1, -0.05) is 17.7 Å². The molecule has 6 nitrogen and oxygen atoms in total. The summed E-state index contributed by atoms with van der Waals surface area (Å²) in [7, 11) is 1.29. The Morgan fingerprint density at radius 1 is 1.22 bits per heavy atom. The Hall–Kier alpha value is -2.89. The lowest BCUT2D eigenvalue weighted by Crippen LogP contribution is -2.36. The molecule has 142 valence electrons. The summed E-state index contributed by atoms with van der Waals surface area (Å²) in [5, 5.41) is 0. The Labute approximate surface area is 158 Å². The zero-order chi connectivity index (χ0) is 19.7. The van der Waals surface area contributed by atoms with E-state index in [1.54, 1.807) is 11.8 Å². The molecular formula is C21H24N2O4. The van der Waals surface area contributed by atoms with E-state index in [9.17, 15) is 14.4 Å². The van der Waals surface area contributed by atoms with Gasteiger partial charge >= 0.3 is 5.97 Å². The Kier molecular flexibility index (Phi) is 5.17. The summed E-state index contributed by atoms with van der Waals surface area (Å²) in [6, 6.07) is 6.09. The van der Waals surface area contributed by atoms with Gasteiger partial charge in [-0.2, -0.15) is 0 Å². The molecule has 2 aromatic rings. The topological polar surface area (TPSA) is 79.5 Å². The number of anilines is 1. The maximum Gasteiger partial charge on any atom is 0.339 e. The quantitative estimate of drug-likeness (QED) is 0.664. The number of Topliss-reactive ketones (excluding diaryl/α,β-unsaturated/α-hetero) is 1. The highest BCUT2D eigenvalue weighted by Crippen LogP contribution is 2.29. The zero-order valence-corrected chi connectivity index (χ0v) is 16.1. The van der Waals surface area contributed by atoms with E-state index in [-0.39, 0.29) is 23.7 Å². The standard InChI is InChI=1S/C21H24N2O4/c1-12-7-8-17-15(10-12)6-5-9-23(17)18(25)11-16-19(21(26)27-4)13(2)20(22-16)14(3)24/h7-8,10,22H,5-6,9,11H2,1-4H3. The maximum absolute atomic E-state index is 13.0. The minimum atomic E-state index is -0.547. The van der Waals surface area contributed by atoms with Crippen LogP contribution in [0.15, 0.2) is 18.2 Å². The Morgan fingerprint density at radius 3 is 2.63 bits per heavy atom. The second-order valence-electron chi connectivity index (χ2n) is 6.98. The van der Waals surface area contributed by atoms with Crippen molar-refractivity contribution in [3.63, 3.8) is 0 Å². The van der Waals surface area contributed by atoms with Crippen LogP contribution < -0.4 is 4.90 Å². The fourth-order valence-corrected chi connectivity index (χ4v) is 3.75. The van der Waals surface area contributed by atoms with Crippen LogP contribution in [0.4, 0.5) is 5.69 Å². The van der Waals surface area contributed by atoms with Gasteiger partial charge < -0.3 is 14.6 Å². The second-order valence-corrected chi connectivity index (χ2v) is 6.98. The summed E-state index contributed by atoms with van der Waals surface area (Å²) in [6.07, 6.45) is 1.85. The number of aryl methyl sites for hydroxylation is 2. The van der Waals surface area contributed by atoms with Crippen LogP contribution in [0.5, 0.6) is 0 Å². The van der Waals surface area contributed by atoms with Crippen molar-refractivity contribution in [2.45, 2.75) is 40.0 Å². The molecule has 0 fully saturated rings. The third-order valence-corrected chi connectivity index (χ3v) is 5.05. The van der Waals surface area contributed by atoms with Crippen LogP contribution in [-0.2, 0) is 22.4 Å². The van der Waals surface area contributed by atoms with Crippen LogP contribution in [0, 0.1) is 13.8 Å². The van der Waals surface area contributed by atoms with Crippen LogP contribution in [0.1, 0.15) is 56.6 Å². The van der Waals surface area contributed by atoms with Crippen molar-refractivity contribution < 1.29 is 19.1 Å². The number of esters is 1. The average Bonchev–Trinajstić information content (AvgIpc) is 2.96. The molecule has 0 saturated heterocycles. The summed E-state index contributed by atoms with van der Waals surface area (Å²) in [5.74, 6) is -0.842. The molecule has 2 heterocycles. The number of rotatable bonds is 4. The van der Waals surface area contributed by atoms with Crippen molar-refractivity contribution in [3.8, 4) is 0 Å². The first kappa shape index (κ1) is 18.9. The molecular weight excluding hydrogens is 344 g/mol. The Bertz CT molecular complexity index is 927. The van der Waals surface area contributed by atoms with Crippen LogP contribution >= 0.6 is 0 Å². The van der Waals surface area contributed by atoms with Crippen LogP contribution in [0.3, 0.4) is 0 Å². The number of hydrogen-bond acceptors (Lipinski definition) is 4. The minimum Gasteiger partial charge on any atom is -0.465 e. The number of nitrogens with one attached hydrogen (secondary N) is 1. The van der Waals surface area contributed by atoms with Gasteiger partial charge in [-0.25, -0.2) is 4.79 Å². The number of benzene rings is 1. The van der Waals surface area contributed by atoms with Gasteiger partial charge in [0.2, 0.25) is 5.91 Å². The third kappa shape index (κ3) is 3.52. The lowest BCUT2D eigenvalue weighted by Gasteiger charge is -2.30. The molecule has 1 aromatic carbocycles. The van der Waals surface area contributed by atoms with Gasteiger partial charge in [0.1, 0.15) is 0 Å². The summed E-state index contributed by atoms with van der Waals surface area (Å²) in [5.41, 5.74) is 4.81. The fraction of sp³-hybridized carbons (Fsp3) is 0.381. The summed E-state index contributed by atoms with van der Waals surface area (Å²) < 4.78 is 4.85. The lowest BCUT2D eigenvalue weighted by atomic mass is 9.99. The SMILES string of the molecule is COC(=O)c1c(CC(=O)N2CCCc3cc(C)ccc32)[nH]c(C(C)=O)c1C. The van der Waals surface area contributed by atoms with E-state index in [4.69, 9.17) is 4.74 Å². The third-order valence-electron chi connectivity index (χ3n) is 5.05. The van der Waals surface area contributed by atoms with Gasteiger partial charge in [0.15, 0.2) is 5.78 Å². The molecule has 0 radical (unpaired) electrons. The van der Waals surface area contributed by atoms with E-state index < -0.39 is 5.97 Å². The number of aromatic amines is 1. The first-order valence-corrected chi connectivity index (χ1v) is 9.04. The van der Waals surface area contributed by atoms with E-state index >= 15 is 0 Å². The number of methoxy groups -OCH3 is 1. The van der Waals surface area contributed by atoms with Crippen molar-refractivity contribution in [1.82, 2.24) is 4.98 Å². The first-order valence-electron chi connectivity index (χ1n) is 9.04. The van der Waals surface area contributed by atoms with Crippen LogP contribution in [0.2, 0.25) is 0 Å². The number of aromatic nitrogens is 1. The van der Waals surface area contributed by atoms with E-state index in [0.717, 1.165) is 24.1 Å². The molecule has 1 amide bonds. The van der Waals surface area contributed by atoms with E-state index in [2.05, 4.69) is 11.1 Å². The van der Waals surface area contributed by atoms with Crippen LogP contribution in [-0.4, -0.2) is 36.3 Å². The van der Waals surface area contributed by atoms with E-state index in [0.29, 0.717) is 23.5 Å². The molecule has 0 unspecified atom stereocenters. The average molecular weight is 368 g/mol. The molecule has 1 aromatic heterocycles. The predicted octanol–water partition coefficient (Wildman–Crippen LogP) is 3.14. The molecule has 0 spiro atoms. The monoisotopic (exact) mass is 368 g/mol. The lowest BCUT2D eigenvalue weighted by molar-refractivity contribution is -0.118. The zero-order valence-electron chi connectivity index (χ0n) is 16.1. The number of ketones is 1. The van der Waals surface area contributed by atoms with Crippen LogP contribution in [0.25, 0.3) is 0 Å². The van der Waals surface area contributed by atoms with Crippen molar-refractivity contribution in [2.75, 3.05) is 18.6 Å². The fourth-order valence-electron chi connectivity index (χ4n) is 3.75. The van der Waals surface area contributed by atoms with E-state index in [1.807, 2.05) is 19.1 Å². The highest BCUT2D eigenvalue weighted by atomic mass is 16.5. The summed E-state index contributed by atoms with van der Waals surface area (Å²) >= 11 is 0. The summed E-state index contributed by atoms with van der Waals surface area (Å²) in [6.45, 7) is 5.79. The molecule has 0 aliphatic carbocycles. The van der Waals surface area contributed by atoms with Gasteiger partial charge in [-0.05, 0) is 43.9 Å². The molecule has 27 heavy (non-hydrogen) atoms. The van der Waals surface area contributed by atoms with E-state index in [1.165, 1.54) is 19.6 Å². The molecule has 0 bridgehead atoms. The predicted molar refractivity (Wildman–Crippen MR) is 102 cm³/mol. The van der Waals surface area contributed by atoms with Gasteiger partial charge in [0.25, 0.3) is 0 Å². The number of hydrogen-bond donors (Lipinski definition) is 1. The van der Waals surface area contributed by atoms with Gasteiger partial charge in [-0.3, -0.25) is 9.59 Å². The second kappa shape index (κ2) is 7.39. The molecule has 1 aliphatic rings. The van der Waals surface area contributed by atoms with Gasteiger partial charge in [0.05, 0.1) is 24.8 Å². The molecule has 6 heteroatoms. The highest BCUT2D eigenvalue weighted by Gasteiger charge is 2.28. The number of H-pyrrole nitrogens is 1. The number of carbonyl (C=O) groups is 3.